The first kappa shape index (κ1) is 28.1. The first-order valence-corrected chi connectivity index (χ1v) is 13.0. The number of alkyl halides is 3. The lowest BCUT2D eigenvalue weighted by Crippen LogP contribution is -2.23. The third-order valence-corrected chi connectivity index (χ3v) is 6.53. The minimum absolute atomic E-state index is 0.106. The molecule has 0 bridgehead atoms. The maximum atomic E-state index is 13.8. The van der Waals surface area contributed by atoms with Gasteiger partial charge in [-0.1, -0.05) is 12.1 Å². The molecule has 39 heavy (non-hydrogen) atoms. The summed E-state index contributed by atoms with van der Waals surface area (Å²) in [5, 5.41) is 5.27. The van der Waals surface area contributed by atoms with Gasteiger partial charge in [-0.15, -0.1) is 4.89 Å². The zero-order valence-electron chi connectivity index (χ0n) is 19.7. The van der Waals surface area contributed by atoms with Crippen molar-refractivity contribution in [1.29, 1.82) is 0 Å². The number of carbonyl (C=O) groups is 1. The molecule has 2 atom stereocenters. The summed E-state index contributed by atoms with van der Waals surface area (Å²) < 4.78 is 78.5. The van der Waals surface area contributed by atoms with Crippen LogP contribution in [0.3, 0.4) is 0 Å². The monoisotopic (exact) mass is 587 g/mol. The Morgan fingerprint density at radius 2 is 1.90 bits per heavy atom. The molecule has 0 saturated carbocycles. The highest BCUT2D eigenvalue weighted by Gasteiger charge is 2.39. The quantitative estimate of drug-likeness (QED) is 0.187. The zero-order chi connectivity index (χ0) is 28.2. The van der Waals surface area contributed by atoms with E-state index in [4.69, 9.17) is 14.2 Å². The van der Waals surface area contributed by atoms with Gasteiger partial charge in [-0.05, 0) is 24.3 Å². The third kappa shape index (κ3) is 6.74. The smallest absolute Gasteiger partial charge is 0.491 e. The van der Waals surface area contributed by atoms with Gasteiger partial charge in [-0.2, -0.15) is 18.2 Å². The van der Waals surface area contributed by atoms with Gasteiger partial charge in [0.15, 0.2) is 4.31 Å². The van der Waals surface area contributed by atoms with E-state index in [9.17, 15) is 27.1 Å². The molecule has 204 valence electrons. The Bertz CT molecular complexity index is 1440. The van der Waals surface area contributed by atoms with Crippen LogP contribution in [-0.2, 0) is 30.9 Å². The van der Waals surface area contributed by atoms with Crippen LogP contribution in [0.25, 0.3) is 0 Å². The molecular formula is C21H18F3N5O8P2+2. The van der Waals surface area contributed by atoms with Gasteiger partial charge in [0.05, 0.1) is 25.1 Å². The van der Waals surface area contributed by atoms with Gasteiger partial charge in [-0.3, -0.25) is 9.63 Å². The van der Waals surface area contributed by atoms with Gasteiger partial charge in [0, 0.05) is 32.9 Å². The number of hydroxylamine groups is 1. The number of aromatic nitrogens is 2. The first-order chi connectivity index (χ1) is 18.6. The fourth-order valence-electron chi connectivity index (χ4n) is 3.55. The fourth-order valence-corrected chi connectivity index (χ4v) is 4.46. The molecule has 4 N–H and O–H groups in total. The summed E-state index contributed by atoms with van der Waals surface area (Å²) in [5.41, 5.74) is 2.05. The number of hydrogen-bond donors (Lipinski definition) is 4. The summed E-state index contributed by atoms with van der Waals surface area (Å²) in [5.74, 6) is -1.37. The lowest BCUT2D eigenvalue weighted by Gasteiger charge is -2.16. The molecule has 13 nitrogen and oxygen atoms in total. The SMILES string of the molecule is CONC(=O)c1ccc(Nc2ncc(C(F)(F)F)c(Nc3ccccc3O[P+](=O)O[P+](=O)O)n2)c2c1CCO2. The Kier molecular flexibility index (Phi) is 8.53. The number of para-hydroxylation sites is 2. The van der Waals surface area contributed by atoms with Crippen LogP contribution >= 0.6 is 16.5 Å². The average Bonchev–Trinajstić information content (AvgIpc) is 3.35. The number of ether oxygens (including phenoxy) is 1. The van der Waals surface area contributed by atoms with Crippen molar-refractivity contribution in [2.75, 3.05) is 24.4 Å². The molecule has 0 saturated heterocycles. The number of halogens is 3. The molecule has 0 radical (unpaired) electrons. The van der Waals surface area contributed by atoms with Crippen molar-refractivity contribution in [3.63, 3.8) is 0 Å². The van der Waals surface area contributed by atoms with Gasteiger partial charge in [0.1, 0.15) is 17.1 Å². The zero-order valence-corrected chi connectivity index (χ0v) is 21.5. The number of anilines is 4. The Morgan fingerprint density at radius 3 is 2.62 bits per heavy atom. The highest BCUT2D eigenvalue weighted by Crippen LogP contribution is 2.42. The number of fused-ring (bicyclic) bond motifs is 1. The third-order valence-electron chi connectivity index (χ3n) is 5.09. The first-order valence-electron chi connectivity index (χ1n) is 10.8. The molecule has 0 fully saturated rings. The van der Waals surface area contributed by atoms with Crippen LogP contribution in [0.4, 0.5) is 36.3 Å². The summed E-state index contributed by atoms with van der Waals surface area (Å²) in [6.07, 6.45) is -3.89. The molecule has 0 spiro atoms. The minimum atomic E-state index is -4.86. The van der Waals surface area contributed by atoms with Crippen molar-refractivity contribution < 1.29 is 50.4 Å². The van der Waals surface area contributed by atoms with Crippen LogP contribution in [0.15, 0.2) is 42.6 Å². The second-order valence-electron chi connectivity index (χ2n) is 7.54. The summed E-state index contributed by atoms with van der Waals surface area (Å²) >= 11 is 0. The van der Waals surface area contributed by atoms with E-state index in [-0.39, 0.29) is 24.0 Å². The summed E-state index contributed by atoms with van der Waals surface area (Å²) in [6.45, 7) is 0.273. The number of carbonyl (C=O) groups excluding carboxylic acids is 1. The molecule has 2 unspecified atom stereocenters. The second kappa shape index (κ2) is 11.8. The van der Waals surface area contributed by atoms with Crippen molar-refractivity contribution in [3.8, 4) is 11.5 Å². The van der Waals surface area contributed by atoms with E-state index >= 15 is 0 Å². The number of nitrogens with one attached hydrogen (secondary N) is 3. The van der Waals surface area contributed by atoms with Crippen molar-refractivity contribution in [2.24, 2.45) is 0 Å². The maximum absolute atomic E-state index is 13.8. The molecule has 3 aromatic rings. The van der Waals surface area contributed by atoms with E-state index < -0.39 is 40.0 Å². The minimum Gasteiger partial charge on any atom is -0.491 e. The van der Waals surface area contributed by atoms with Crippen LogP contribution in [0.2, 0.25) is 0 Å². The number of benzene rings is 2. The summed E-state index contributed by atoms with van der Waals surface area (Å²) in [4.78, 5) is 33.4. The lowest BCUT2D eigenvalue weighted by atomic mass is 10.0. The molecule has 1 aliphatic heterocycles. The van der Waals surface area contributed by atoms with Crippen molar-refractivity contribution >= 4 is 45.6 Å². The predicted molar refractivity (Wildman–Crippen MR) is 129 cm³/mol. The van der Waals surface area contributed by atoms with Crippen LogP contribution in [-0.4, -0.2) is 34.5 Å². The fraction of sp³-hybridized carbons (Fsp3) is 0.190. The topological polar surface area (TPSA) is 170 Å². The van der Waals surface area contributed by atoms with Crippen LogP contribution < -0.4 is 25.4 Å². The molecule has 0 aliphatic carbocycles. The van der Waals surface area contributed by atoms with E-state index in [1.807, 2.05) is 0 Å². The van der Waals surface area contributed by atoms with Crippen molar-refractivity contribution in [2.45, 2.75) is 12.6 Å². The predicted octanol–water partition coefficient (Wildman–Crippen LogP) is 4.91. The Balaban J connectivity index is 1.66. The molecule has 1 aliphatic rings. The number of rotatable bonds is 10. The van der Waals surface area contributed by atoms with Crippen LogP contribution in [0.5, 0.6) is 11.5 Å². The normalized spacial score (nSPS) is 13.2. The molecular weight excluding hydrogens is 569 g/mol. The Labute approximate surface area is 219 Å². The highest BCUT2D eigenvalue weighted by molar-refractivity contribution is 7.47. The van der Waals surface area contributed by atoms with E-state index in [0.717, 1.165) is 0 Å². The van der Waals surface area contributed by atoms with Gasteiger partial charge in [-0.25, -0.2) is 15.0 Å². The number of hydrogen-bond acceptors (Lipinski definition) is 11. The molecule has 2 heterocycles. The van der Waals surface area contributed by atoms with Gasteiger partial charge in [0.2, 0.25) is 11.7 Å². The molecule has 4 rings (SSSR count). The summed E-state index contributed by atoms with van der Waals surface area (Å²) in [6, 6.07) is 8.40. The molecule has 1 amide bonds. The average molecular weight is 587 g/mol. The number of nitrogens with zero attached hydrogens (tertiary/aromatic N) is 2. The van der Waals surface area contributed by atoms with E-state index in [1.165, 1.54) is 43.5 Å². The Hall–Kier alpha value is -3.94. The van der Waals surface area contributed by atoms with Crippen molar-refractivity contribution in [1.82, 2.24) is 15.4 Å². The van der Waals surface area contributed by atoms with Gasteiger partial charge < -0.3 is 15.4 Å². The van der Waals surface area contributed by atoms with E-state index in [2.05, 4.69) is 35.2 Å². The van der Waals surface area contributed by atoms with E-state index in [1.54, 1.807) is 0 Å². The highest BCUT2D eigenvalue weighted by atomic mass is 31.2. The molecule has 18 heteroatoms. The molecule has 1 aromatic heterocycles. The molecule has 2 aromatic carbocycles. The van der Waals surface area contributed by atoms with Gasteiger partial charge >= 0.3 is 22.7 Å². The largest absolute Gasteiger partial charge is 0.800 e. The number of amides is 1. The van der Waals surface area contributed by atoms with E-state index in [0.29, 0.717) is 35.2 Å². The second-order valence-corrected chi connectivity index (χ2v) is 9.29. The Morgan fingerprint density at radius 1 is 1.13 bits per heavy atom. The standard InChI is InChI=1S/C21H16F3N5O8P2/c1-34-29-19(30)12-6-7-15(17-11(12)8-9-35-17)27-20-25-10-13(21(22,23)24)18(28-20)26-14-4-2-3-5-16(14)36-39(33)37-38(31)32/h2-7,10H,8-9H2,1H3,(H2-2,25,26,27,28,29,30,31,32)/p+2. The maximum Gasteiger partial charge on any atom is 0.800 e. The van der Waals surface area contributed by atoms with Crippen LogP contribution in [0, 0.1) is 0 Å². The lowest BCUT2D eigenvalue weighted by molar-refractivity contribution is -0.137. The van der Waals surface area contributed by atoms with Crippen LogP contribution in [0.1, 0.15) is 21.5 Å². The van der Waals surface area contributed by atoms with Gasteiger partial charge in [0.25, 0.3) is 5.91 Å². The van der Waals surface area contributed by atoms with Crippen molar-refractivity contribution in [3.05, 3.63) is 59.3 Å². The summed E-state index contributed by atoms with van der Waals surface area (Å²) in [7, 11) is -5.07.